The average molecular weight is 749 g/mol. The molecule has 53 heavy (non-hydrogen) atoms. The first-order valence-electron chi connectivity index (χ1n) is 19.6. The molecule has 4 aliphatic rings. The number of nitrogens with zero attached hydrogens (tertiary/aromatic N) is 2. The summed E-state index contributed by atoms with van der Waals surface area (Å²) in [5.74, 6) is -0.322. The quantitative estimate of drug-likeness (QED) is 0.227. The topological polar surface area (TPSA) is 151 Å². The minimum Gasteiger partial charge on any atom is -0.497 e. The van der Waals surface area contributed by atoms with E-state index >= 15 is 0 Å². The second-order valence-corrected chi connectivity index (χ2v) is 16.1. The molecule has 12 nitrogen and oxygen atoms in total. The fourth-order valence-corrected chi connectivity index (χ4v) is 8.91. The molecule has 0 unspecified atom stereocenters. The molecule has 288 valence electrons. The van der Waals surface area contributed by atoms with E-state index < -0.39 is 29.9 Å². The van der Waals surface area contributed by atoms with E-state index in [1.807, 2.05) is 6.07 Å². The molecule has 4 heterocycles. The van der Waals surface area contributed by atoms with Gasteiger partial charge in [0.15, 0.2) is 0 Å². The zero-order valence-electron chi connectivity index (χ0n) is 31.4. The molecule has 4 N–H and O–H groups in total. The van der Waals surface area contributed by atoms with Crippen molar-refractivity contribution in [1.29, 1.82) is 0 Å². The molecular weight excluding hydrogens is 693 g/mol. The summed E-state index contributed by atoms with van der Waals surface area (Å²) in [5, 5.41) is 13.0. The molecule has 4 atom stereocenters. The minimum absolute atomic E-state index is 0.190. The number of allylic oxidation sites excluding steroid dienone is 2. The first-order valence-corrected chi connectivity index (χ1v) is 20.4. The first kappa shape index (κ1) is 38.9. The zero-order chi connectivity index (χ0) is 37.3. The summed E-state index contributed by atoms with van der Waals surface area (Å²) in [4.78, 5) is 62.6. The summed E-state index contributed by atoms with van der Waals surface area (Å²) >= 11 is 1.51. The van der Waals surface area contributed by atoms with Crippen LogP contribution in [0.4, 0.5) is 0 Å². The van der Waals surface area contributed by atoms with Gasteiger partial charge < -0.3 is 35.6 Å². The number of carbonyl (C=O) groups excluding carboxylic acids is 4. The lowest BCUT2D eigenvalue weighted by Gasteiger charge is -2.35. The van der Waals surface area contributed by atoms with Crippen LogP contribution in [-0.2, 0) is 41.5 Å². The second kappa shape index (κ2) is 18.5. The van der Waals surface area contributed by atoms with Crippen LogP contribution >= 0.6 is 11.3 Å². The number of hydrogen-bond donors (Lipinski definition) is 4. The normalized spacial score (nSPS) is 21.6. The zero-order valence-corrected chi connectivity index (χ0v) is 32.2. The van der Waals surface area contributed by atoms with Gasteiger partial charge in [0.25, 0.3) is 0 Å². The fraction of sp³-hybridized carbons (Fsp3) is 0.625. The van der Waals surface area contributed by atoms with E-state index in [4.69, 9.17) is 14.5 Å². The van der Waals surface area contributed by atoms with Gasteiger partial charge in [0.05, 0.1) is 27.9 Å². The number of aryl methyl sites for hydroxylation is 1. The molecule has 13 heteroatoms. The Labute approximate surface area is 316 Å². The van der Waals surface area contributed by atoms with Gasteiger partial charge in [-0.25, -0.2) is 4.98 Å². The molecular formula is C40H56N6O6S. The molecule has 4 amide bonds. The lowest BCUT2D eigenvalue weighted by atomic mass is 9.88. The van der Waals surface area contributed by atoms with Gasteiger partial charge in [0.1, 0.15) is 23.9 Å². The van der Waals surface area contributed by atoms with E-state index in [2.05, 4.69) is 64.4 Å². The molecule has 0 radical (unpaired) electrons. The Morgan fingerprint density at radius 1 is 0.943 bits per heavy atom. The third-order valence-electron chi connectivity index (χ3n) is 11.1. The van der Waals surface area contributed by atoms with Crippen LogP contribution in [0.3, 0.4) is 0 Å². The maximum Gasteiger partial charge on any atom is 0.243 e. The Morgan fingerprint density at radius 3 is 2.49 bits per heavy atom. The van der Waals surface area contributed by atoms with Crippen LogP contribution in [0.1, 0.15) is 82.2 Å². The van der Waals surface area contributed by atoms with Gasteiger partial charge in [-0.15, -0.1) is 11.3 Å². The number of ether oxygens (including phenoxy) is 2. The molecule has 6 rings (SSSR count). The SMILES string of the molecule is CCC(=O)N[C@@H](Cc1nc2ccc(CC)cc2s1)C(=O)N[C@H](C(=O)N[C@@H](CC1CCN(C)CC1)C(=O)N[C@@H]1CCOC2=C1C=CCC2)C1CCOCC1. The Kier molecular flexibility index (Phi) is 13.6. The highest BCUT2D eigenvalue weighted by Gasteiger charge is 2.37. The van der Waals surface area contributed by atoms with Crippen LogP contribution in [0.5, 0.6) is 0 Å². The maximum absolute atomic E-state index is 14.5. The Hall–Kier alpha value is -3.81. The third-order valence-corrected chi connectivity index (χ3v) is 12.2. The van der Waals surface area contributed by atoms with Crippen LogP contribution in [0.2, 0.25) is 0 Å². The Balaban J connectivity index is 1.21. The van der Waals surface area contributed by atoms with E-state index in [-0.39, 0.29) is 42.5 Å². The molecule has 3 aliphatic heterocycles. The summed E-state index contributed by atoms with van der Waals surface area (Å²) in [7, 11) is 2.10. The van der Waals surface area contributed by atoms with E-state index in [1.165, 1.54) is 16.9 Å². The summed E-state index contributed by atoms with van der Waals surface area (Å²) < 4.78 is 12.6. The van der Waals surface area contributed by atoms with Crippen LogP contribution in [-0.4, -0.2) is 97.6 Å². The second-order valence-electron chi connectivity index (χ2n) is 14.9. The van der Waals surface area contributed by atoms with Crippen LogP contribution in [0.15, 0.2) is 41.7 Å². The lowest BCUT2D eigenvalue weighted by molar-refractivity contribution is -0.135. The molecule has 1 aliphatic carbocycles. The van der Waals surface area contributed by atoms with Crippen molar-refractivity contribution in [2.24, 2.45) is 11.8 Å². The highest BCUT2D eigenvalue weighted by molar-refractivity contribution is 7.18. The summed E-state index contributed by atoms with van der Waals surface area (Å²) in [6.07, 6.45) is 11.4. The van der Waals surface area contributed by atoms with Gasteiger partial charge in [-0.3, -0.25) is 19.2 Å². The predicted molar refractivity (Wildman–Crippen MR) is 205 cm³/mol. The predicted octanol–water partition coefficient (Wildman–Crippen LogP) is 3.93. The fourth-order valence-electron chi connectivity index (χ4n) is 7.83. The smallest absolute Gasteiger partial charge is 0.243 e. The number of fused-ring (bicyclic) bond motifs is 1. The number of thiazole rings is 1. The third kappa shape index (κ3) is 10.2. The van der Waals surface area contributed by atoms with E-state index in [9.17, 15) is 19.2 Å². The number of hydrogen-bond acceptors (Lipinski definition) is 9. The van der Waals surface area contributed by atoms with Crippen molar-refractivity contribution in [3.8, 4) is 0 Å². The summed E-state index contributed by atoms with van der Waals surface area (Å²) in [6, 6.07) is 3.34. The number of amides is 4. The summed E-state index contributed by atoms with van der Waals surface area (Å²) in [6.45, 7) is 7.20. The molecule has 0 spiro atoms. The van der Waals surface area contributed by atoms with Crippen LogP contribution in [0, 0.1) is 11.8 Å². The average Bonchev–Trinajstić information content (AvgIpc) is 3.59. The number of aromatic nitrogens is 1. The van der Waals surface area contributed by atoms with Crippen molar-refractivity contribution in [3.05, 3.63) is 52.3 Å². The van der Waals surface area contributed by atoms with Gasteiger partial charge in [-0.2, -0.15) is 0 Å². The number of nitrogens with one attached hydrogen (secondary N) is 4. The van der Waals surface area contributed by atoms with Gasteiger partial charge in [0, 0.05) is 44.5 Å². The maximum atomic E-state index is 14.5. The minimum atomic E-state index is -0.929. The highest BCUT2D eigenvalue weighted by atomic mass is 32.1. The number of carbonyl (C=O) groups is 4. The Bertz CT molecular complexity index is 1680. The van der Waals surface area contributed by atoms with Crippen molar-refractivity contribution in [2.75, 3.05) is 40.0 Å². The van der Waals surface area contributed by atoms with Crippen molar-refractivity contribution < 1.29 is 28.7 Å². The van der Waals surface area contributed by atoms with E-state index in [0.717, 1.165) is 71.8 Å². The van der Waals surface area contributed by atoms with Crippen LogP contribution < -0.4 is 21.3 Å². The van der Waals surface area contributed by atoms with Crippen molar-refractivity contribution in [2.45, 2.75) is 109 Å². The number of piperidine rings is 1. The Morgan fingerprint density at radius 2 is 1.74 bits per heavy atom. The number of benzene rings is 1. The lowest BCUT2D eigenvalue weighted by Crippen LogP contribution is -2.60. The molecule has 2 saturated heterocycles. The van der Waals surface area contributed by atoms with Gasteiger partial charge in [-0.05, 0) is 94.6 Å². The molecule has 2 aromatic rings. The van der Waals surface area contributed by atoms with Gasteiger partial charge in [-0.1, -0.05) is 32.1 Å². The van der Waals surface area contributed by atoms with E-state index in [1.54, 1.807) is 6.92 Å². The monoisotopic (exact) mass is 748 g/mol. The largest absolute Gasteiger partial charge is 0.497 e. The molecule has 1 aromatic heterocycles. The standard InChI is InChI=1S/C40H56N6O6S/c1-4-25-10-11-30-34(23-25)53-36(42-30)24-32(41-35(47)5-2)39(49)45-37(27-14-19-51-20-15-27)40(50)44-31(22-26-12-17-46(3)18-13-26)38(48)43-29-16-21-52-33-9-7-6-8-28(29)33/h6,8,10-11,23,26-27,29,31-32,37H,4-5,7,9,12-22,24H2,1-3H3,(H,41,47)(H,43,48)(H,44,50)(H,45,49)/t29-,31+,32+,37+/m1/s1. The van der Waals surface area contributed by atoms with Gasteiger partial charge in [0.2, 0.25) is 23.6 Å². The summed E-state index contributed by atoms with van der Waals surface area (Å²) in [5.41, 5.74) is 3.06. The van der Waals surface area contributed by atoms with E-state index in [0.29, 0.717) is 45.5 Å². The molecule has 0 saturated carbocycles. The highest BCUT2D eigenvalue weighted by Crippen LogP contribution is 2.29. The van der Waals surface area contributed by atoms with Crippen LogP contribution in [0.25, 0.3) is 10.2 Å². The number of likely N-dealkylation sites (tertiary alicyclic amines) is 1. The van der Waals surface area contributed by atoms with Crippen molar-refractivity contribution in [3.63, 3.8) is 0 Å². The van der Waals surface area contributed by atoms with Gasteiger partial charge >= 0.3 is 0 Å². The molecule has 0 bridgehead atoms. The van der Waals surface area contributed by atoms with Crippen molar-refractivity contribution in [1.82, 2.24) is 31.2 Å². The van der Waals surface area contributed by atoms with Crippen molar-refractivity contribution >= 4 is 45.2 Å². The first-order chi connectivity index (χ1) is 25.7. The molecule has 1 aromatic carbocycles. The number of rotatable bonds is 14. The molecule has 2 fully saturated rings.